The number of carbonyl (C=O) groups excluding carboxylic acids is 2. The van der Waals surface area contributed by atoms with Gasteiger partial charge in [-0.1, -0.05) is 36.4 Å². The molecule has 1 aromatic rings. The number of rotatable bonds is 7. The van der Waals surface area contributed by atoms with Gasteiger partial charge in [0.1, 0.15) is 11.6 Å². The lowest BCUT2D eigenvalue weighted by atomic mass is 9.88. The normalized spacial score (nSPS) is 18.9. The van der Waals surface area contributed by atoms with Gasteiger partial charge in [0.15, 0.2) is 0 Å². The van der Waals surface area contributed by atoms with E-state index in [9.17, 15) is 22.8 Å². The number of ether oxygens (including phenoxy) is 2. The van der Waals surface area contributed by atoms with Gasteiger partial charge in [0.2, 0.25) is 0 Å². The van der Waals surface area contributed by atoms with Gasteiger partial charge < -0.3 is 14.6 Å². The Morgan fingerprint density at radius 3 is 2.20 bits per heavy atom. The Bertz CT molecular complexity index is 866. The predicted molar refractivity (Wildman–Crippen MR) is 116 cm³/mol. The first-order valence-corrected chi connectivity index (χ1v) is 11.1. The number of carboxylic acids is 1. The third-order valence-corrected chi connectivity index (χ3v) is 5.70. The summed E-state index contributed by atoms with van der Waals surface area (Å²) in [6.07, 6.45) is 2.80. The van der Waals surface area contributed by atoms with E-state index in [1.807, 2.05) is 30.3 Å². The Kier molecular flexibility index (Phi) is 10.7. The number of carbonyl (C=O) groups is 3. The zero-order chi connectivity index (χ0) is 25.9. The van der Waals surface area contributed by atoms with E-state index in [-0.39, 0.29) is 12.1 Å². The van der Waals surface area contributed by atoms with Crippen LogP contribution < -0.4 is 10.8 Å². The summed E-state index contributed by atoms with van der Waals surface area (Å²) >= 11 is 0. The molecule has 3 rings (SSSR count). The summed E-state index contributed by atoms with van der Waals surface area (Å²) < 4.78 is 43.1. The number of hydrogen-bond acceptors (Lipinski definition) is 7. The lowest BCUT2D eigenvalue weighted by Gasteiger charge is -2.39. The number of amides is 1. The lowest BCUT2D eigenvalue weighted by molar-refractivity contribution is -0.192. The first-order valence-electron chi connectivity index (χ1n) is 11.1. The molecule has 0 bridgehead atoms. The molecule has 1 unspecified atom stereocenters. The first-order chi connectivity index (χ1) is 16.6. The Balaban J connectivity index is 0.000000540. The number of carboxylic acid groups (broad SMARTS) is 1. The van der Waals surface area contributed by atoms with E-state index in [1.54, 1.807) is 11.6 Å². The van der Waals surface area contributed by atoms with Crippen molar-refractivity contribution in [3.8, 4) is 0 Å². The van der Waals surface area contributed by atoms with Crippen LogP contribution in [-0.2, 0) is 23.9 Å². The van der Waals surface area contributed by atoms with Crippen LogP contribution in [0.25, 0.3) is 0 Å². The van der Waals surface area contributed by atoms with Crippen molar-refractivity contribution >= 4 is 17.8 Å². The minimum atomic E-state index is -5.08. The van der Waals surface area contributed by atoms with Crippen LogP contribution in [0.3, 0.4) is 0 Å². The molecule has 1 aliphatic heterocycles. The van der Waals surface area contributed by atoms with Crippen LogP contribution in [0, 0.1) is 0 Å². The number of alkyl halides is 3. The minimum Gasteiger partial charge on any atom is -0.475 e. The zero-order valence-electron chi connectivity index (χ0n) is 18.9. The Labute approximate surface area is 200 Å². The van der Waals surface area contributed by atoms with Crippen molar-refractivity contribution in [2.24, 2.45) is 0 Å². The van der Waals surface area contributed by atoms with Gasteiger partial charge in [-0.15, -0.1) is 0 Å². The van der Waals surface area contributed by atoms with Crippen LogP contribution in [0.2, 0.25) is 0 Å². The highest BCUT2D eigenvalue weighted by Crippen LogP contribution is 2.30. The van der Waals surface area contributed by atoms with Gasteiger partial charge in [0, 0.05) is 19.3 Å². The Hall–Kier alpha value is -2.96. The molecule has 12 heteroatoms. The largest absolute Gasteiger partial charge is 0.490 e. The molecule has 1 atom stereocenters. The fourth-order valence-corrected chi connectivity index (χ4v) is 3.82. The molecule has 35 heavy (non-hydrogen) atoms. The van der Waals surface area contributed by atoms with Gasteiger partial charge in [-0.2, -0.15) is 13.2 Å². The second kappa shape index (κ2) is 13.2. The quantitative estimate of drug-likeness (QED) is 0.194. The smallest absolute Gasteiger partial charge is 0.475 e. The molecule has 194 valence electrons. The molecule has 0 aromatic heterocycles. The maximum Gasteiger partial charge on any atom is 0.490 e. The fraction of sp³-hybridized carbons (Fsp3) is 0.522. The molecular weight excluding hydrogens is 473 g/mol. The highest BCUT2D eigenvalue weighted by Gasteiger charge is 2.44. The van der Waals surface area contributed by atoms with E-state index >= 15 is 0 Å². The number of esters is 1. The number of nitrogens with one attached hydrogen (secondary N) is 2. The zero-order valence-corrected chi connectivity index (χ0v) is 18.9. The first kappa shape index (κ1) is 28.3. The number of benzene rings is 1. The molecule has 2 aliphatic rings. The van der Waals surface area contributed by atoms with Crippen LogP contribution in [0.1, 0.15) is 50.1 Å². The van der Waals surface area contributed by atoms with E-state index in [4.69, 9.17) is 24.6 Å². The second-order valence-corrected chi connectivity index (χ2v) is 8.18. The van der Waals surface area contributed by atoms with Crippen molar-refractivity contribution in [2.45, 2.75) is 62.4 Å². The van der Waals surface area contributed by atoms with Gasteiger partial charge in [0.05, 0.1) is 6.04 Å². The Morgan fingerprint density at radius 1 is 1.11 bits per heavy atom. The number of hydrogen-bond donors (Lipinski definition) is 4. The Morgan fingerprint density at radius 2 is 1.69 bits per heavy atom. The molecule has 1 aromatic carbocycles. The summed E-state index contributed by atoms with van der Waals surface area (Å²) in [5, 5.41) is 19.3. The summed E-state index contributed by atoms with van der Waals surface area (Å²) in [7, 11) is 0. The van der Waals surface area contributed by atoms with Crippen molar-refractivity contribution < 1.29 is 47.3 Å². The third-order valence-electron chi connectivity index (χ3n) is 5.70. The fourth-order valence-electron chi connectivity index (χ4n) is 3.82. The van der Waals surface area contributed by atoms with Crippen molar-refractivity contribution in [2.75, 3.05) is 13.2 Å². The van der Waals surface area contributed by atoms with Gasteiger partial charge in [-0.05, 0) is 44.1 Å². The van der Waals surface area contributed by atoms with E-state index in [0.29, 0.717) is 26.1 Å². The monoisotopic (exact) mass is 502 g/mol. The molecule has 0 spiro atoms. The lowest BCUT2D eigenvalue weighted by Crippen LogP contribution is -2.57. The van der Waals surface area contributed by atoms with Gasteiger partial charge >= 0.3 is 18.1 Å². The average molecular weight is 502 g/mol. The van der Waals surface area contributed by atoms with Crippen molar-refractivity contribution in [3.05, 3.63) is 48.0 Å². The SMILES string of the molecule is O=C(/C=C/C(NC1(C(=O)OC2CCCC2)CCOCC1)c1ccccc1)NO.O=C(O)C(F)(F)F. The minimum absolute atomic E-state index is 0.0140. The second-order valence-electron chi connectivity index (χ2n) is 8.18. The van der Waals surface area contributed by atoms with Crippen LogP contribution in [0.4, 0.5) is 13.2 Å². The molecule has 0 radical (unpaired) electrons. The number of hydroxylamine groups is 1. The maximum absolute atomic E-state index is 13.2. The van der Waals surface area contributed by atoms with Crippen LogP contribution in [0.5, 0.6) is 0 Å². The van der Waals surface area contributed by atoms with Crippen LogP contribution in [0.15, 0.2) is 42.5 Å². The summed E-state index contributed by atoms with van der Waals surface area (Å²) in [4.78, 5) is 33.5. The molecule has 4 N–H and O–H groups in total. The van der Waals surface area contributed by atoms with E-state index < -0.39 is 29.6 Å². The molecule has 1 saturated heterocycles. The topological polar surface area (TPSA) is 134 Å². The van der Waals surface area contributed by atoms with Gasteiger partial charge in [-0.3, -0.25) is 20.1 Å². The molecular formula is C23H29F3N2O7. The summed E-state index contributed by atoms with van der Waals surface area (Å²) in [6, 6.07) is 9.16. The highest BCUT2D eigenvalue weighted by atomic mass is 19.4. The number of halogens is 3. The number of aliphatic carboxylic acids is 1. The summed E-state index contributed by atoms with van der Waals surface area (Å²) in [5.74, 6) is -3.63. The molecule has 1 heterocycles. The standard InChI is InChI=1S/C21H28N2O5.C2HF3O2/c24-19(23-26)11-10-18(16-6-2-1-3-7-16)22-21(12-14-27-15-13-21)20(25)28-17-8-4-5-9-17;3-2(4,5)1(6)7/h1-3,6-7,10-11,17-18,22,26H,4-5,8-9,12-15H2,(H,23,24);(H,6,7)/b11-10+;. The van der Waals surface area contributed by atoms with E-state index in [1.165, 1.54) is 6.08 Å². The van der Waals surface area contributed by atoms with E-state index in [2.05, 4.69) is 5.32 Å². The molecule has 9 nitrogen and oxygen atoms in total. The maximum atomic E-state index is 13.2. The molecule has 1 amide bonds. The molecule has 1 saturated carbocycles. The van der Waals surface area contributed by atoms with E-state index in [0.717, 1.165) is 31.2 Å². The molecule has 2 fully saturated rings. The third kappa shape index (κ3) is 8.96. The predicted octanol–water partition coefficient (Wildman–Crippen LogP) is 3.05. The van der Waals surface area contributed by atoms with Gasteiger partial charge in [-0.25, -0.2) is 10.3 Å². The van der Waals surface area contributed by atoms with Crippen molar-refractivity contribution in [1.82, 2.24) is 10.8 Å². The van der Waals surface area contributed by atoms with Gasteiger partial charge in [0.25, 0.3) is 5.91 Å². The molecule has 1 aliphatic carbocycles. The average Bonchev–Trinajstić information content (AvgIpc) is 3.35. The summed E-state index contributed by atoms with van der Waals surface area (Å²) in [6.45, 7) is 0.935. The highest BCUT2D eigenvalue weighted by molar-refractivity contribution is 5.86. The van der Waals surface area contributed by atoms with Crippen LogP contribution in [-0.4, -0.2) is 59.2 Å². The summed E-state index contributed by atoms with van der Waals surface area (Å²) in [5.41, 5.74) is 1.62. The van der Waals surface area contributed by atoms with Crippen molar-refractivity contribution in [1.29, 1.82) is 0 Å². The van der Waals surface area contributed by atoms with Crippen LogP contribution >= 0.6 is 0 Å². The van der Waals surface area contributed by atoms with Crippen molar-refractivity contribution in [3.63, 3.8) is 0 Å².